The molecule has 0 aliphatic carbocycles. The molecular formula is C19H17NO4. The first-order chi connectivity index (χ1) is 11.7. The summed E-state index contributed by atoms with van der Waals surface area (Å²) >= 11 is 0. The van der Waals surface area contributed by atoms with Crippen LogP contribution in [0.5, 0.6) is 5.75 Å². The number of hydrogen-bond acceptors (Lipinski definition) is 5. The van der Waals surface area contributed by atoms with Gasteiger partial charge in [-0.3, -0.25) is 0 Å². The molecule has 1 aliphatic heterocycles. The van der Waals surface area contributed by atoms with E-state index in [9.17, 15) is 9.59 Å². The first kappa shape index (κ1) is 15.8. The maximum absolute atomic E-state index is 12.2. The van der Waals surface area contributed by atoms with Crippen molar-refractivity contribution in [3.8, 4) is 5.75 Å². The molecule has 24 heavy (non-hydrogen) atoms. The predicted molar refractivity (Wildman–Crippen MR) is 90.5 cm³/mol. The topological polar surface area (TPSA) is 55.8 Å². The van der Waals surface area contributed by atoms with Crippen molar-refractivity contribution in [1.29, 1.82) is 0 Å². The molecule has 5 nitrogen and oxygen atoms in total. The monoisotopic (exact) mass is 323 g/mol. The molecule has 0 saturated heterocycles. The van der Waals surface area contributed by atoms with Crippen molar-refractivity contribution >= 4 is 17.6 Å². The average molecular weight is 323 g/mol. The molecule has 3 rings (SSSR count). The number of nitrogens with zero attached hydrogens (tertiary/aromatic N) is 1. The number of anilines is 1. The van der Waals surface area contributed by atoms with Crippen LogP contribution < -0.4 is 9.64 Å². The number of carbonyl (C=O) groups is 2. The van der Waals surface area contributed by atoms with Gasteiger partial charge in [0.1, 0.15) is 5.75 Å². The van der Waals surface area contributed by atoms with Crippen molar-refractivity contribution in [2.45, 2.75) is 0 Å². The summed E-state index contributed by atoms with van der Waals surface area (Å²) in [5.41, 5.74) is 1.95. The zero-order chi connectivity index (χ0) is 16.9. The predicted octanol–water partition coefficient (Wildman–Crippen LogP) is 3.07. The van der Waals surface area contributed by atoms with Crippen LogP contribution in [0.3, 0.4) is 0 Å². The fourth-order valence-corrected chi connectivity index (χ4v) is 2.44. The Hall–Kier alpha value is -3.08. The molecule has 0 aromatic heterocycles. The second-order valence-electron chi connectivity index (χ2n) is 5.33. The highest BCUT2D eigenvalue weighted by atomic mass is 16.5. The molecule has 0 saturated carbocycles. The number of methoxy groups -OCH3 is 1. The minimum atomic E-state index is -0.438. The third-order valence-corrected chi connectivity index (χ3v) is 3.77. The Morgan fingerprint density at radius 3 is 1.96 bits per heavy atom. The van der Waals surface area contributed by atoms with E-state index in [1.807, 2.05) is 12.1 Å². The van der Waals surface area contributed by atoms with Crippen molar-refractivity contribution in [3.63, 3.8) is 0 Å². The van der Waals surface area contributed by atoms with E-state index in [1.165, 1.54) is 7.11 Å². The van der Waals surface area contributed by atoms with Crippen molar-refractivity contribution in [2.75, 3.05) is 25.1 Å². The first-order valence-corrected chi connectivity index (χ1v) is 7.58. The van der Waals surface area contributed by atoms with Crippen LogP contribution in [-0.4, -0.2) is 32.1 Å². The summed E-state index contributed by atoms with van der Waals surface area (Å²) in [7, 11) is 1.32. The zero-order valence-corrected chi connectivity index (χ0v) is 13.3. The van der Waals surface area contributed by atoms with Crippen LogP contribution in [0.2, 0.25) is 0 Å². The van der Waals surface area contributed by atoms with Gasteiger partial charge in [-0.2, -0.15) is 0 Å². The van der Waals surface area contributed by atoms with Gasteiger partial charge < -0.3 is 14.4 Å². The lowest BCUT2D eigenvalue weighted by Gasteiger charge is -2.17. The van der Waals surface area contributed by atoms with Gasteiger partial charge in [0.2, 0.25) is 0 Å². The van der Waals surface area contributed by atoms with Gasteiger partial charge in [0.05, 0.1) is 18.2 Å². The summed E-state index contributed by atoms with van der Waals surface area (Å²) in [6, 6.07) is 13.5. The molecular weight excluding hydrogens is 306 g/mol. The molecule has 1 aliphatic rings. The van der Waals surface area contributed by atoms with Gasteiger partial charge in [0.15, 0.2) is 0 Å². The highest BCUT2D eigenvalue weighted by Gasteiger charge is 2.12. The molecule has 0 N–H and O–H groups in total. The van der Waals surface area contributed by atoms with Crippen LogP contribution in [0.25, 0.3) is 0 Å². The summed E-state index contributed by atoms with van der Waals surface area (Å²) in [4.78, 5) is 25.7. The Morgan fingerprint density at radius 2 is 1.38 bits per heavy atom. The van der Waals surface area contributed by atoms with Gasteiger partial charge in [0, 0.05) is 18.8 Å². The Bertz CT molecular complexity index is 755. The highest BCUT2D eigenvalue weighted by Crippen LogP contribution is 2.19. The number of carbonyl (C=O) groups excluding carboxylic acids is 2. The van der Waals surface area contributed by atoms with Gasteiger partial charge in [-0.25, -0.2) is 9.59 Å². The van der Waals surface area contributed by atoms with Crippen molar-refractivity contribution < 1.29 is 19.1 Å². The van der Waals surface area contributed by atoms with Gasteiger partial charge in [0.25, 0.3) is 0 Å². The van der Waals surface area contributed by atoms with E-state index in [0.29, 0.717) is 16.9 Å². The molecule has 5 heteroatoms. The van der Waals surface area contributed by atoms with Crippen LogP contribution >= 0.6 is 0 Å². The smallest absolute Gasteiger partial charge is 0.343 e. The molecule has 122 valence electrons. The first-order valence-electron chi connectivity index (χ1n) is 7.58. The minimum absolute atomic E-state index is 0.375. The molecule has 0 atom stereocenters. The lowest BCUT2D eigenvalue weighted by atomic mass is 10.2. The fraction of sp³-hybridized carbons (Fsp3) is 0.158. The Kier molecular flexibility index (Phi) is 4.61. The van der Waals surface area contributed by atoms with Crippen LogP contribution in [0.1, 0.15) is 20.7 Å². The van der Waals surface area contributed by atoms with E-state index >= 15 is 0 Å². The minimum Gasteiger partial charge on any atom is -0.465 e. The summed E-state index contributed by atoms with van der Waals surface area (Å²) in [5.74, 6) is -0.493. The van der Waals surface area contributed by atoms with E-state index in [-0.39, 0.29) is 0 Å². The standard InChI is InChI=1S/C19H17NO4/c1-23-18(21)14-6-10-17(11-7-14)24-19(22)15-4-8-16(9-5-15)20-12-2-3-13-20/h2-11H,12-13H2,1H3. The molecule has 1 heterocycles. The molecule has 2 aromatic carbocycles. The summed E-state index contributed by atoms with van der Waals surface area (Å²) < 4.78 is 9.94. The molecule has 0 amide bonds. The number of rotatable bonds is 4. The van der Waals surface area contributed by atoms with Crippen LogP contribution in [0.4, 0.5) is 5.69 Å². The third-order valence-electron chi connectivity index (χ3n) is 3.77. The molecule has 0 unspecified atom stereocenters. The van der Waals surface area contributed by atoms with E-state index in [1.54, 1.807) is 36.4 Å². The van der Waals surface area contributed by atoms with Crippen LogP contribution in [0, 0.1) is 0 Å². The SMILES string of the molecule is COC(=O)c1ccc(OC(=O)c2ccc(N3CC=CC3)cc2)cc1. The quantitative estimate of drug-likeness (QED) is 0.492. The fourth-order valence-electron chi connectivity index (χ4n) is 2.44. The lowest BCUT2D eigenvalue weighted by molar-refractivity contribution is 0.0600. The number of esters is 2. The van der Waals surface area contributed by atoms with Crippen LogP contribution in [-0.2, 0) is 4.74 Å². The largest absolute Gasteiger partial charge is 0.465 e. The van der Waals surface area contributed by atoms with E-state index in [2.05, 4.69) is 21.8 Å². The molecule has 0 bridgehead atoms. The van der Waals surface area contributed by atoms with Gasteiger partial charge in [-0.15, -0.1) is 0 Å². The van der Waals surface area contributed by atoms with Gasteiger partial charge in [-0.1, -0.05) is 12.2 Å². The van der Waals surface area contributed by atoms with E-state index in [0.717, 1.165) is 18.8 Å². The summed E-state index contributed by atoms with van der Waals surface area (Å²) in [6.45, 7) is 1.77. The van der Waals surface area contributed by atoms with E-state index < -0.39 is 11.9 Å². The molecule has 0 spiro atoms. The maximum Gasteiger partial charge on any atom is 0.343 e. The van der Waals surface area contributed by atoms with Crippen LogP contribution in [0.15, 0.2) is 60.7 Å². The molecule has 0 fully saturated rings. The average Bonchev–Trinajstić information content (AvgIpc) is 3.16. The second-order valence-corrected chi connectivity index (χ2v) is 5.33. The summed E-state index contributed by atoms with van der Waals surface area (Å²) in [5, 5.41) is 0. The van der Waals surface area contributed by atoms with Gasteiger partial charge >= 0.3 is 11.9 Å². The van der Waals surface area contributed by atoms with Crippen molar-refractivity contribution in [2.24, 2.45) is 0 Å². The Morgan fingerprint density at radius 1 is 0.833 bits per heavy atom. The Balaban J connectivity index is 1.65. The highest BCUT2D eigenvalue weighted by molar-refractivity contribution is 5.92. The Labute approximate surface area is 140 Å². The zero-order valence-electron chi connectivity index (χ0n) is 13.3. The van der Waals surface area contributed by atoms with Crippen molar-refractivity contribution in [3.05, 3.63) is 71.8 Å². The van der Waals surface area contributed by atoms with Gasteiger partial charge in [-0.05, 0) is 48.5 Å². The van der Waals surface area contributed by atoms with Crippen molar-refractivity contribution in [1.82, 2.24) is 0 Å². The molecule has 0 radical (unpaired) electrons. The lowest BCUT2D eigenvalue weighted by Crippen LogP contribution is -2.18. The normalized spacial score (nSPS) is 13.0. The van der Waals surface area contributed by atoms with E-state index in [4.69, 9.17) is 4.74 Å². The maximum atomic E-state index is 12.2. The summed E-state index contributed by atoms with van der Waals surface area (Å²) in [6.07, 6.45) is 4.22. The number of hydrogen-bond donors (Lipinski definition) is 0. The number of ether oxygens (including phenoxy) is 2. The number of benzene rings is 2. The second kappa shape index (κ2) is 7.00. The molecule has 2 aromatic rings. The third kappa shape index (κ3) is 3.46.